The van der Waals surface area contributed by atoms with E-state index >= 15 is 0 Å². The number of hydrogen-bond acceptors (Lipinski definition) is 8. The fourth-order valence-corrected chi connectivity index (χ4v) is 2.82. The number of nitrogens with zero attached hydrogens (tertiary/aromatic N) is 3. The molecule has 0 aliphatic heterocycles. The van der Waals surface area contributed by atoms with Gasteiger partial charge in [0.2, 0.25) is 5.82 Å². The number of primary sulfonamides is 1. The minimum Gasteiger partial charge on any atom is -0.444 e. The van der Waals surface area contributed by atoms with Crippen molar-refractivity contribution in [1.82, 2.24) is 15.1 Å². The van der Waals surface area contributed by atoms with Crippen LogP contribution in [0, 0.1) is 6.92 Å². The van der Waals surface area contributed by atoms with Gasteiger partial charge in [0, 0.05) is 23.0 Å². The number of benzene rings is 1. The van der Waals surface area contributed by atoms with E-state index in [0.717, 1.165) is 0 Å². The maximum absolute atomic E-state index is 12.6. The molecule has 2 heterocycles. The van der Waals surface area contributed by atoms with Crippen molar-refractivity contribution in [3.05, 3.63) is 53.5 Å². The van der Waals surface area contributed by atoms with Gasteiger partial charge < -0.3 is 9.26 Å². The highest BCUT2D eigenvalue weighted by Crippen LogP contribution is 2.30. The summed E-state index contributed by atoms with van der Waals surface area (Å²) in [5, 5.41) is 10.4. The number of nitrogens with one attached hydrogen (secondary N) is 1. The van der Waals surface area contributed by atoms with Crippen LogP contribution in [0.2, 0.25) is 0 Å². The molecule has 0 spiro atoms. The first-order chi connectivity index (χ1) is 14.4. The Morgan fingerprint density at radius 1 is 1.26 bits per heavy atom. The van der Waals surface area contributed by atoms with Gasteiger partial charge in [0.05, 0.1) is 0 Å². The van der Waals surface area contributed by atoms with Crippen LogP contribution < -0.4 is 10.5 Å². The van der Waals surface area contributed by atoms with Crippen molar-refractivity contribution in [2.45, 2.75) is 24.7 Å². The number of aromatic nitrogens is 3. The lowest BCUT2D eigenvalue weighted by atomic mass is 10.1. The molecule has 2 aromatic heterocycles. The summed E-state index contributed by atoms with van der Waals surface area (Å²) >= 11 is 0. The molecule has 0 aliphatic carbocycles. The number of rotatable bonds is 5. The van der Waals surface area contributed by atoms with Crippen LogP contribution in [0.25, 0.3) is 11.4 Å². The molecule has 164 valence electrons. The molecule has 10 nitrogen and oxygen atoms in total. The molecule has 0 bridgehead atoms. The van der Waals surface area contributed by atoms with Gasteiger partial charge in [-0.3, -0.25) is 5.32 Å². The Kier molecular flexibility index (Phi) is 5.94. The molecule has 1 aromatic carbocycles. The largest absolute Gasteiger partial charge is 0.471 e. The number of hydrogen-bond donors (Lipinski definition) is 2. The zero-order valence-electron chi connectivity index (χ0n) is 15.7. The number of pyridine rings is 1. The van der Waals surface area contributed by atoms with Crippen molar-refractivity contribution < 1.29 is 35.6 Å². The third-order valence-electron chi connectivity index (χ3n) is 3.85. The highest BCUT2D eigenvalue weighted by Gasteiger charge is 2.38. The first kappa shape index (κ1) is 22.2. The minimum absolute atomic E-state index is 0.191. The maximum Gasteiger partial charge on any atom is 0.471 e. The topological polar surface area (TPSA) is 150 Å². The summed E-state index contributed by atoms with van der Waals surface area (Å²) in [5.41, 5.74) is 1.53. The summed E-state index contributed by atoms with van der Waals surface area (Å²) in [6, 6.07) is 6.88. The molecular formula is C17H14F3N5O5S. The van der Waals surface area contributed by atoms with Crippen LogP contribution in [0.1, 0.15) is 17.0 Å². The normalized spacial score (nSPS) is 11.9. The zero-order chi connectivity index (χ0) is 22.8. The lowest BCUT2D eigenvalue weighted by molar-refractivity contribution is -0.159. The van der Waals surface area contributed by atoms with Crippen LogP contribution in [0.4, 0.5) is 23.7 Å². The molecule has 3 rings (SSSR count). The molecule has 0 saturated carbocycles. The van der Waals surface area contributed by atoms with Crippen molar-refractivity contribution in [1.29, 1.82) is 0 Å². The van der Waals surface area contributed by atoms with E-state index in [9.17, 15) is 26.4 Å². The van der Waals surface area contributed by atoms with Gasteiger partial charge in [0.25, 0.3) is 10.0 Å². The predicted octanol–water partition coefficient (Wildman–Crippen LogP) is 2.85. The molecule has 0 unspecified atom stereocenters. The van der Waals surface area contributed by atoms with Crippen LogP contribution in [0.3, 0.4) is 0 Å². The van der Waals surface area contributed by atoms with Crippen molar-refractivity contribution in [2.24, 2.45) is 5.14 Å². The Morgan fingerprint density at radius 3 is 2.55 bits per heavy atom. The summed E-state index contributed by atoms with van der Waals surface area (Å²) in [6.45, 7) is 1.42. The van der Waals surface area contributed by atoms with Gasteiger partial charge in [0.15, 0.2) is 5.03 Å². The second kappa shape index (κ2) is 8.31. The molecule has 0 aliphatic rings. The second-order valence-corrected chi connectivity index (χ2v) is 7.71. The van der Waals surface area contributed by atoms with Crippen molar-refractivity contribution in [2.75, 3.05) is 5.32 Å². The van der Waals surface area contributed by atoms with Crippen molar-refractivity contribution >= 4 is 21.8 Å². The Labute approximate surface area is 173 Å². The Balaban J connectivity index is 1.62. The van der Waals surface area contributed by atoms with E-state index in [2.05, 4.69) is 25.0 Å². The number of ether oxygens (including phenoxy) is 1. The first-order valence-corrected chi connectivity index (χ1v) is 9.91. The van der Waals surface area contributed by atoms with E-state index in [1.165, 1.54) is 36.5 Å². The lowest BCUT2D eigenvalue weighted by Gasteiger charge is -2.10. The molecule has 0 atom stereocenters. The van der Waals surface area contributed by atoms with Crippen LogP contribution in [-0.4, -0.2) is 29.6 Å². The molecule has 14 heteroatoms. The predicted molar refractivity (Wildman–Crippen MR) is 98.9 cm³/mol. The third-order valence-corrected chi connectivity index (χ3v) is 4.67. The summed E-state index contributed by atoms with van der Waals surface area (Å²) in [6.07, 6.45) is -4.36. The smallest absolute Gasteiger partial charge is 0.444 e. The Morgan fingerprint density at radius 2 is 2.00 bits per heavy atom. The third kappa shape index (κ3) is 5.55. The van der Waals surface area contributed by atoms with Gasteiger partial charge in [-0.2, -0.15) is 18.2 Å². The summed E-state index contributed by atoms with van der Waals surface area (Å²) in [5.74, 6) is -1.71. The fraction of sp³-hybridized carbons (Fsp3) is 0.176. The maximum atomic E-state index is 12.6. The molecule has 0 radical (unpaired) electrons. The number of anilines is 1. The molecule has 0 saturated heterocycles. The second-order valence-electron chi connectivity index (χ2n) is 6.20. The highest BCUT2D eigenvalue weighted by atomic mass is 32.2. The SMILES string of the molecule is Cc1cc(-c2noc(C(F)(F)F)n2)ccc1NC(=O)OCc1ccc(S(N)(=O)=O)nc1. The van der Waals surface area contributed by atoms with Crippen molar-refractivity contribution in [3.63, 3.8) is 0 Å². The quantitative estimate of drug-likeness (QED) is 0.594. The Bertz CT molecular complexity index is 1210. The van der Waals surface area contributed by atoms with Gasteiger partial charge in [-0.15, -0.1) is 0 Å². The number of halogens is 3. The summed E-state index contributed by atoms with van der Waals surface area (Å²) in [7, 11) is -3.93. The first-order valence-electron chi connectivity index (χ1n) is 8.37. The molecule has 0 fully saturated rings. The van der Waals surface area contributed by atoms with Gasteiger partial charge in [-0.1, -0.05) is 11.2 Å². The molecule has 3 aromatic rings. The van der Waals surface area contributed by atoms with E-state index in [1.54, 1.807) is 6.92 Å². The highest BCUT2D eigenvalue weighted by molar-refractivity contribution is 7.89. The number of carbonyl (C=O) groups is 1. The average molecular weight is 457 g/mol. The zero-order valence-corrected chi connectivity index (χ0v) is 16.5. The van der Waals surface area contributed by atoms with Crippen LogP contribution in [-0.2, 0) is 27.5 Å². The summed E-state index contributed by atoms with van der Waals surface area (Å²) in [4.78, 5) is 19.0. The number of amides is 1. The number of aryl methyl sites for hydroxylation is 1. The van der Waals surface area contributed by atoms with E-state index < -0.39 is 28.2 Å². The number of alkyl halides is 3. The fourth-order valence-electron chi connectivity index (χ4n) is 2.36. The van der Waals surface area contributed by atoms with E-state index in [1.807, 2.05) is 0 Å². The van der Waals surface area contributed by atoms with E-state index in [-0.39, 0.29) is 23.0 Å². The van der Waals surface area contributed by atoms with Gasteiger partial charge in [-0.05, 0) is 36.8 Å². The van der Waals surface area contributed by atoms with Crippen LogP contribution in [0.5, 0.6) is 0 Å². The average Bonchev–Trinajstić information content (AvgIpc) is 3.18. The number of sulfonamides is 1. The molecule has 31 heavy (non-hydrogen) atoms. The minimum atomic E-state index is -4.75. The van der Waals surface area contributed by atoms with Crippen LogP contribution in [0.15, 0.2) is 46.1 Å². The number of nitrogens with two attached hydrogens (primary N) is 1. The lowest BCUT2D eigenvalue weighted by Crippen LogP contribution is -2.15. The summed E-state index contributed by atoms with van der Waals surface area (Å²) < 4.78 is 69.3. The van der Waals surface area contributed by atoms with Gasteiger partial charge >= 0.3 is 18.2 Å². The molecular weight excluding hydrogens is 443 g/mol. The van der Waals surface area contributed by atoms with Gasteiger partial charge in [-0.25, -0.2) is 23.3 Å². The Hall–Kier alpha value is -3.52. The van der Waals surface area contributed by atoms with Crippen molar-refractivity contribution in [3.8, 4) is 11.4 Å². The standard InChI is InChI=1S/C17H14F3N5O5S/c1-9-6-11(14-24-15(30-25-14)17(18,19)20)3-4-12(9)23-16(26)29-8-10-2-5-13(22-7-10)31(21,27)28/h2-7H,8H2,1H3,(H,23,26)(H2,21,27,28). The monoisotopic (exact) mass is 457 g/mol. The molecule has 1 amide bonds. The molecule has 3 N–H and O–H groups in total. The van der Waals surface area contributed by atoms with Crippen LogP contribution >= 0.6 is 0 Å². The van der Waals surface area contributed by atoms with E-state index in [4.69, 9.17) is 9.88 Å². The van der Waals surface area contributed by atoms with Gasteiger partial charge in [0.1, 0.15) is 6.61 Å². The number of carbonyl (C=O) groups excluding carboxylic acids is 1. The van der Waals surface area contributed by atoms with E-state index in [0.29, 0.717) is 16.8 Å².